The molecule has 5 rings (SSSR count). The molecule has 4 atom stereocenters. The summed E-state index contributed by atoms with van der Waals surface area (Å²) in [6.45, 7) is 3.06. The van der Waals surface area contributed by atoms with Gasteiger partial charge < -0.3 is 15.0 Å². The van der Waals surface area contributed by atoms with Crippen molar-refractivity contribution in [2.45, 2.75) is 43.9 Å². The number of nitrogens with one attached hydrogen (secondary N) is 2. The number of imidazole rings is 1. The molecular weight excluding hydrogens is 340 g/mol. The minimum atomic E-state index is 0.000709. The highest BCUT2D eigenvalue weighted by molar-refractivity contribution is 5.95. The summed E-state index contributed by atoms with van der Waals surface area (Å²) >= 11 is 0. The van der Waals surface area contributed by atoms with Crippen LogP contribution >= 0.6 is 0 Å². The van der Waals surface area contributed by atoms with E-state index in [0.717, 1.165) is 37.5 Å². The second kappa shape index (κ2) is 7.09. The molecule has 0 spiro atoms. The molecule has 27 heavy (non-hydrogen) atoms. The molecule has 1 aliphatic carbocycles. The summed E-state index contributed by atoms with van der Waals surface area (Å²) in [5.41, 5.74) is 1.61. The molecule has 0 radical (unpaired) electrons. The van der Waals surface area contributed by atoms with Gasteiger partial charge in [-0.25, -0.2) is 4.98 Å². The quantitative estimate of drug-likeness (QED) is 0.872. The van der Waals surface area contributed by atoms with Crippen LogP contribution in [0, 0.1) is 5.92 Å². The monoisotopic (exact) mass is 366 g/mol. The summed E-state index contributed by atoms with van der Waals surface area (Å²) in [5, 5.41) is 3.33. The topological polar surface area (TPSA) is 70.2 Å². The van der Waals surface area contributed by atoms with Crippen LogP contribution in [0.15, 0.2) is 36.7 Å². The number of hydrogen-bond acceptors (Lipinski definition) is 4. The van der Waals surface area contributed by atoms with Gasteiger partial charge in [0.05, 0.1) is 18.2 Å². The predicted octanol–water partition coefficient (Wildman–Crippen LogP) is 2.45. The van der Waals surface area contributed by atoms with Crippen molar-refractivity contribution in [1.82, 2.24) is 20.2 Å². The Bertz CT molecular complexity index is 800. The Morgan fingerprint density at radius 2 is 2.15 bits per heavy atom. The van der Waals surface area contributed by atoms with E-state index in [-0.39, 0.29) is 11.9 Å². The molecule has 2 N–H and O–H groups in total. The Labute approximate surface area is 159 Å². The fourth-order valence-corrected chi connectivity index (χ4v) is 4.99. The standard InChI is InChI=1S/C21H26N4O2/c26-21(15-6-4-5-14(13-15)20-22-8-9-23-20)24-17-16-7-12-27-19(16)18(17)25-10-2-1-3-11-25/h4-6,8-9,13,16-19H,1-3,7,10-12H2,(H,22,23)(H,24,26). The zero-order chi connectivity index (χ0) is 18.2. The van der Waals surface area contributed by atoms with Crippen LogP contribution in [-0.4, -0.2) is 58.7 Å². The van der Waals surface area contributed by atoms with Crippen molar-refractivity contribution in [2.75, 3.05) is 19.7 Å². The normalized spacial score (nSPS) is 30.5. The van der Waals surface area contributed by atoms with Crippen LogP contribution in [0.3, 0.4) is 0 Å². The maximum absolute atomic E-state index is 13.0. The summed E-state index contributed by atoms with van der Waals surface area (Å²) < 4.78 is 6.00. The Morgan fingerprint density at radius 1 is 1.26 bits per heavy atom. The van der Waals surface area contributed by atoms with Crippen LogP contribution in [0.5, 0.6) is 0 Å². The van der Waals surface area contributed by atoms with E-state index in [2.05, 4.69) is 20.2 Å². The van der Waals surface area contributed by atoms with Crippen molar-refractivity contribution < 1.29 is 9.53 Å². The Kier molecular flexibility index (Phi) is 4.45. The SMILES string of the molecule is O=C(NC1C2CCOC2C1N1CCCCC1)c1cccc(-c2ncc[nH]2)c1. The number of ether oxygens (including phenoxy) is 1. The van der Waals surface area contributed by atoms with Gasteiger partial charge in [0.1, 0.15) is 5.82 Å². The highest BCUT2D eigenvalue weighted by Crippen LogP contribution is 2.42. The van der Waals surface area contributed by atoms with E-state index in [4.69, 9.17) is 4.74 Å². The number of carbonyl (C=O) groups is 1. The van der Waals surface area contributed by atoms with Crippen molar-refractivity contribution in [3.63, 3.8) is 0 Å². The first-order valence-corrected chi connectivity index (χ1v) is 10.1. The van der Waals surface area contributed by atoms with E-state index >= 15 is 0 Å². The van der Waals surface area contributed by atoms with Crippen molar-refractivity contribution >= 4 is 5.91 Å². The number of aromatic nitrogens is 2. The summed E-state index contributed by atoms with van der Waals surface area (Å²) in [4.78, 5) is 22.9. The second-order valence-electron chi connectivity index (χ2n) is 7.89. The molecular formula is C21H26N4O2. The molecule has 0 bridgehead atoms. The van der Waals surface area contributed by atoms with Crippen LogP contribution in [0.2, 0.25) is 0 Å². The van der Waals surface area contributed by atoms with E-state index < -0.39 is 0 Å². The van der Waals surface area contributed by atoms with Gasteiger partial charge >= 0.3 is 0 Å². The van der Waals surface area contributed by atoms with Crippen molar-refractivity contribution in [1.29, 1.82) is 0 Å². The zero-order valence-electron chi connectivity index (χ0n) is 15.4. The number of amides is 1. The number of nitrogens with zero attached hydrogens (tertiary/aromatic N) is 2. The smallest absolute Gasteiger partial charge is 0.251 e. The molecule has 2 aliphatic heterocycles. The van der Waals surface area contributed by atoms with Gasteiger partial charge in [-0.1, -0.05) is 18.6 Å². The van der Waals surface area contributed by atoms with Crippen molar-refractivity contribution in [2.24, 2.45) is 5.92 Å². The minimum absolute atomic E-state index is 0.000709. The number of benzene rings is 1. The Balaban J connectivity index is 1.33. The maximum atomic E-state index is 13.0. The summed E-state index contributed by atoms with van der Waals surface area (Å²) in [6.07, 6.45) is 8.67. The summed E-state index contributed by atoms with van der Waals surface area (Å²) in [7, 11) is 0. The third-order valence-corrected chi connectivity index (χ3v) is 6.36. The highest BCUT2D eigenvalue weighted by atomic mass is 16.5. The molecule has 1 amide bonds. The number of carbonyl (C=O) groups excluding carboxylic acids is 1. The molecule has 1 aromatic heterocycles. The highest BCUT2D eigenvalue weighted by Gasteiger charge is 2.56. The fraction of sp³-hybridized carbons (Fsp3) is 0.524. The Morgan fingerprint density at radius 3 is 2.96 bits per heavy atom. The molecule has 4 unspecified atom stereocenters. The summed E-state index contributed by atoms with van der Waals surface area (Å²) in [6, 6.07) is 8.18. The van der Waals surface area contributed by atoms with Crippen LogP contribution in [0.1, 0.15) is 36.0 Å². The number of aromatic amines is 1. The van der Waals surface area contributed by atoms with Gasteiger partial charge in [-0.2, -0.15) is 0 Å². The number of hydrogen-bond donors (Lipinski definition) is 2. The van der Waals surface area contributed by atoms with Gasteiger partial charge in [0.15, 0.2) is 0 Å². The zero-order valence-corrected chi connectivity index (χ0v) is 15.4. The van der Waals surface area contributed by atoms with Gasteiger partial charge in [-0.3, -0.25) is 9.69 Å². The van der Waals surface area contributed by atoms with E-state index in [0.29, 0.717) is 23.6 Å². The lowest BCUT2D eigenvalue weighted by Gasteiger charge is -2.53. The number of rotatable bonds is 4. The third-order valence-electron chi connectivity index (χ3n) is 6.36. The molecule has 6 nitrogen and oxygen atoms in total. The average Bonchev–Trinajstić information content (AvgIpc) is 3.38. The lowest BCUT2D eigenvalue weighted by atomic mass is 9.70. The first-order valence-electron chi connectivity index (χ1n) is 10.1. The lowest BCUT2D eigenvalue weighted by molar-refractivity contribution is -0.0862. The largest absolute Gasteiger partial charge is 0.376 e. The van der Waals surface area contributed by atoms with Crippen LogP contribution in [-0.2, 0) is 4.74 Å². The van der Waals surface area contributed by atoms with Gasteiger partial charge in [0, 0.05) is 36.0 Å². The molecule has 1 aromatic carbocycles. The van der Waals surface area contributed by atoms with Gasteiger partial charge in [-0.15, -0.1) is 0 Å². The first kappa shape index (κ1) is 17.0. The van der Waals surface area contributed by atoms with Crippen LogP contribution < -0.4 is 5.32 Å². The van der Waals surface area contributed by atoms with Crippen molar-refractivity contribution in [3.8, 4) is 11.4 Å². The Hall–Kier alpha value is -2.18. The molecule has 2 saturated heterocycles. The van der Waals surface area contributed by atoms with Gasteiger partial charge in [0.2, 0.25) is 0 Å². The fourth-order valence-electron chi connectivity index (χ4n) is 4.99. The number of H-pyrrole nitrogens is 1. The minimum Gasteiger partial charge on any atom is -0.376 e. The molecule has 2 aromatic rings. The second-order valence-corrected chi connectivity index (χ2v) is 7.89. The summed E-state index contributed by atoms with van der Waals surface area (Å²) in [5.74, 6) is 1.23. The number of fused-ring (bicyclic) bond motifs is 1. The molecule has 1 saturated carbocycles. The van der Waals surface area contributed by atoms with E-state index in [9.17, 15) is 4.79 Å². The molecule has 3 heterocycles. The molecule has 6 heteroatoms. The predicted molar refractivity (Wildman–Crippen MR) is 102 cm³/mol. The van der Waals surface area contributed by atoms with E-state index in [1.54, 1.807) is 12.4 Å². The molecule has 142 valence electrons. The number of piperidine rings is 1. The van der Waals surface area contributed by atoms with E-state index in [1.807, 2.05) is 24.3 Å². The first-order chi connectivity index (χ1) is 13.3. The number of likely N-dealkylation sites (tertiary alicyclic amines) is 1. The lowest BCUT2D eigenvalue weighted by Crippen LogP contribution is -2.71. The average molecular weight is 366 g/mol. The molecule has 3 aliphatic rings. The third kappa shape index (κ3) is 3.07. The van der Waals surface area contributed by atoms with E-state index in [1.165, 1.54) is 19.3 Å². The maximum Gasteiger partial charge on any atom is 0.251 e. The van der Waals surface area contributed by atoms with Crippen molar-refractivity contribution in [3.05, 3.63) is 42.2 Å². The van der Waals surface area contributed by atoms with Gasteiger partial charge in [-0.05, 0) is 44.5 Å². The van der Waals surface area contributed by atoms with Crippen LogP contribution in [0.4, 0.5) is 0 Å². The van der Waals surface area contributed by atoms with Crippen LogP contribution in [0.25, 0.3) is 11.4 Å². The molecule has 3 fully saturated rings. The van der Waals surface area contributed by atoms with Gasteiger partial charge in [0.25, 0.3) is 5.91 Å².